The van der Waals surface area contributed by atoms with E-state index in [1.54, 1.807) is 0 Å². The van der Waals surface area contributed by atoms with Gasteiger partial charge in [0.05, 0.1) is 17.1 Å². The molecule has 0 spiro atoms. The molecular weight excluding hydrogens is 1020 g/mol. The Morgan fingerprint density at radius 1 is 0.0952 bits per heavy atom. The summed E-state index contributed by atoms with van der Waals surface area (Å²) in [6.45, 7) is 0. The first-order valence-electron chi connectivity index (χ1n) is 28.4. The summed E-state index contributed by atoms with van der Waals surface area (Å²) in [7, 11) is 0. The monoisotopic (exact) mass is 1080 g/mol. The third kappa shape index (κ3) is 11.2. The van der Waals surface area contributed by atoms with Crippen LogP contribution in [0.25, 0.3) is 0 Å². The summed E-state index contributed by atoms with van der Waals surface area (Å²) < 4.78 is 0. The molecule has 0 bridgehead atoms. The largest absolute Gasteiger partial charge is 0.311 e. The molecule has 0 saturated heterocycles. The zero-order valence-corrected chi connectivity index (χ0v) is 46.3. The lowest BCUT2D eigenvalue weighted by Gasteiger charge is -2.33. The van der Waals surface area contributed by atoms with Gasteiger partial charge in [0.1, 0.15) is 0 Å². The molecule has 13 rings (SSSR count). The van der Waals surface area contributed by atoms with E-state index >= 15 is 0 Å². The van der Waals surface area contributed by atoms with Crippen LogP contribution < -0.4 is 29.4 Å². The smallest absolute Gasteiger partial charge is 0.0503 e. The van der Waals surface area contributed by atoms with E-state index in [9.17, 15) is 0 Å². The molecule has 0 aromatic heterocycles. The van der Waals surface area contributed by atoms with Crippen molar-refractivity contribution in [2.75, 3.05) is 29.4 Å². The maximum atomic E-state index is 2.37. The molecule has 0 unspecified atom stereocenters. The van der Waals surface area contributed by atoms with E-state index < -0.39 is 0 Å². The molecule has 0 aliphatic heterocycles. The second-order valence-electron chi connectivity index (χ2n) is 20.3. The highest BCUT2D eigenvalue weighted by Crippen LogP contribution is 2.48. The van der Waals surface area contributed by atoms with Crippen LogP contribution in [0.5, 0.6) is 0 Å². The summed E-state index contributed by atoms with van der Waals surface area (Å²) in [5, 5.41) is 0. The van der Waals surface area contributed by atoms with Crippen LogP contribution in [-0.4, -0.2) is 0 Å². The van der Waals surface area contributed by atoms with Gasteiger partial charge >= 0.3 is 0 Å². The highest BCUT2D eigenvalue weighted by Gasteiger charge is 2.24. The van der Waals surface area contributed by atoms with Gasteiger partial charge in [-0.2, -0.15) is 0 Å². The molecule has 0 heterocycles. The molecule has 0 atom stereocenters. The first kappa shape index (κ1) is 52.1. The summed E-state index contributed by atoms with van der Waals surface area (Å²) in [4.78, 5) is 14.0. The minimum atomic E-state index is 0.971. The minimum Gasteiger partial charge on any atom is -0.311 e. The Balaban J connectivity index is 1.00. The molecule has 0 radical (unpaired) electrons. The van der Waals surface area contributed by atoms with Crippen LogP contribution in [0, 0.1) is 0 Å². The first-order chi connectivity index (χ1) is 41.7. The molecule has 6 heteroatoms. The van der Waals surface area contributed by atoms with E-state index in [4.69, 9.17) is 0 Å². The number of para-hydroxylation sites is 9. The molecule has 402 valence electrons. The summed E-state index contributed by atoms with van der Waals surface area (Å²) >= 11 is 0. The Hall–Kier alpha value is -11.3. The summed E-state index contributed by atoms with van der Waals surface area (Å²) in [5.74, 6) is 0. The number of benzene rings is 13. The number of hydrogen-bond acceptors (Lipinski definition) is 6. The maximum Gasteiger partial charge on any atom is 0.0503 e. The third-order valence-corrected chi connectivity index (χ3v) is 14.9. The van der Waals surface area contributed by atoms with Gasteiger partial charge in [-0.1, -0.05) is 164 Å². The van der Waals surface area contributed by atoms with Crippen molar-refractivity contribution in [1.29, 1.82) is 0 Å². The second kappa shape index (κ2) is 24.6. The van der Waals surface area contributed by atoms with Crippen molar-refractivity contribution in [2.24, 2.45) is 0 Å². The van der Waals surface area contributed by atoms with Crippen LogP contribution in [0.2, 0.25) is 0 Å². The van der Waals surface area contributed by atoms with Crippen LogP contribution in [0.15, 0.2) is 364 Å². The molecule has 6 nitrogen and oxygen atoms in total. The highest BCUT2D eigenvalue weighted by atomic mass is 15.2. The van der Waals surface area contributed by atoms with E-state index in [1.165, 1.54) is 0 Å². The fraction of sp³-hybridized carbons (Fsp3) is 0. The fourth-order valence-corrected chi connectivity index (χ4v) is 11.1. The standard InChI is InChI=1S/C78H60N6/c1-10-28-61(29-11-1)79(62-30-12-2-13-31-62)70-46-52-73(53-47-70)82(67-40-22-7-23-41-67)76-58-77(83(68-42-24-8-25-43-68)74-54-48-71(49-55-74)80(63-32-14-3-15-33-63)64-34-16-4-17-35-64)60-78(59-76)84(69-44-26-9-27-45-69)75-56-50-72(51-57-75)81(65-36-18-5-19-37-65)66-38-20-6-21-39-66/h1-60H. The summed E-state index contributed by atoms with van der Waals surface area (Å²) in [6, 6.07) is 129. The number of rotatable bonds is 18. The van der Waals surface area contributed by atoms with Gasteiger partial charge in [0, 0.05) is 85.3 Å². The van der Waals surface area contributed by atoms with Crippen molar-refractivity contribution in [1.82, 2.24) is 0 Å². The molecule has 0 N–H and O–H groups in total. The highest BCUT2D eigenvalue weighted by molar-refractivity contribution is 5.91. The quantitative estimate of drug-likeness (QED) is 0.0847. The Morgan fingerprint density at radius 2 is 0.190 bits per heavy atom. The van der Waals surface area contributed by atoms with E-state index in [1.807, 2.05) is 0 Å². The second-order valence-corrected chi connectivity index (χ2v) is 20.3. The molecule has 84 heavy (non-hydrogen) atoms. The molecule has 13 aromatic carbocycles. The third-order valence-electron chi connectivity index (χ3n) is 14.9. The van der Waals surface area contributed by atoms with Crippen molar-refractivity contribution >= 4 is 102 Å². The topological polar surface area (TPSA) is 19.4 Å². The van der Waals surface area contributed by atoms with Crippen molar-refractivity contribution in [3.8, 4) is 0 Å². The van der Waals surface area contributed by atoms with Crippen molar-refractivity contribution in [3.05, 3.63) is 364 Å². The van der Waals surface area contributed by atoms with Gasteiger partial charge in [0.25, 0.3) is 0 Å². The van der Waals surface area contributed by atoms with Gasteiger partial charge in [-0.05, 0) is 200 Å². The molecule has 0 fully saturated rings. The van der Waals surface area contributed by atoms with Crippen LogP contribution >= 0.6 is 0 Å². The lowest BCUT2D eigenvalue weighted by atomic mass is 10.1. The lowest BCUT2D eigenvalue weighted by molar-refractivity contribution is 1.21. The molecule has 13 aromatic rings. The van der Waals surface area contributed by atoms with Crippen molar-refractivity contribution in [3.63, 3.8) is 0 Å². The summed E-state index contributed by atoms with van der Waals surface area (Å²) in [5.41, 5.74) is 18.6. The van der Waals surface area contributed by atoms with Crippen LogP contribution in [0.3, 0.4) is 0 Å². The summed E-state index contributed by atoms with van der Waals surface area (Å²) in [6.07, 6.45) is 0. The van der Waals surface area contributed by atoms with Gasteiger partial charge in [-0.25, -0.2) is 0 Å². The maximum absolute atomic E-state index is 2.37. The predicted octanol–water partition coefficient (Wildman–Crippen LogP) is 22.5. The molecular formula is C78H60N6. The average Bonchev–Trinajstić information content (AvgIpc) is 3.68. The van der Waals surface area contributed by atoms with Crippen LogP contribution in [0.1, 0.15) is 0 Å². The van der Waals surface area contributed by atoms with Crippen molar-refractivity contribution < 1.29 is 0 Å². The Morgan fingerprint density at radius 3 is 0.310 bits per heavy atom. The van der Waals surface area contributed by atoms with Gasteiger partial charge in [-0.3, -0.25) is 0 Å². The molecule has 0 aliphatic carbocycles. The zero-order chi connectivity index (χ0) is 56.3. The Kier molecular flexibility index (Phi) is 15.2. The van der Waals surface area contributed by atoms with E-state index in [0.29, 0.717) is 0 Å². The predicted molar refractivity (Wildman–Crippen MR) is 355 cm³/mol. The number of anilines is 18. The molecule has 0 saturated carbocycles. The van der Waals surface area contributed by atoms with Crippen molar-refractivity contribution in [2.45, 2.75) is 0 Å². The van der Waals surface area contributed by atoms with Gasteiger partial charge in [0.2, 0.25) is 0 Å². The van der Waals surface area contributed by atoms with E-state index in [2.05, 4.69) is 393 Å². The van der Waals surface area contributed by atoms with Gasteiger partial charge in [0.15, 0.2) is 0 Å². The SMILES string of the molecule is c1ccc(N(c2ccccc2)c2ccc(N(c3ccccc3)c3cc(N(c4ccccc4)c4ccc(N(c5ccccc5)c5ccccc5)cc4)cc(N(c4ccccc4)c4ccc(N(c5ccccc5)c5ccccc5)cc4)c3)cc2)cc1. The Bertz CT molecular complexity index is 3580. The average molecular weight is 1080 g/mol. The normalized spacial score (nSPS) is 10.9. The number of nitrogens with zero attached hydrogens (tertiary/aromatic N) is 6. The van der Waals surface area contributed by atoms with Crippen LogP contribution in [-0.2, 0) is 0 Å². The van der Waals surface area contributed by atoms with Crippen LogP contribution in [0.4, 0.5) is 102 Å². The fourth-order valence-electron chi connectivity index (χ4n) is 11.1. The minimum absolute atomic E-state index is 0.971. The number of hydrogen-bond donors (Lipinski definition) is 0. The van der Waals surface area contributed by atoms with E-state index in [0.717, 1.165) is 102 Å². The van der Waals surface area contributed by atoms with Gasteiger partial charge < -0.3 is 29.4 Å². The van der Waals surface area contributed by atoms with E-state index in [-0.39, 0.29) is 0 Å². The first-order valence-corrected chi connectivity index (χ1v) is 28.4. The molecule has 0 aliphatic rings. The Labute approximate surface area is 493 Å². The van der Waals surface area contributed by atoms with Gasteiger partial charge in [-0.15, -0.1) is 0 Å². The zero-order valence-electron chi connectivity index (χ0n) is 46.3. The lowest BCUT2D eigenvalue weighted by Crippen LogP contribution is -2.17. The molecule has 0 amide bonds.